The van der Waals surface area contributed by atoms with Gasteiger partial charge in [-0.25, -0.2) is 9.36 Å². The Kier molecular flexibility index (Phi) is 12.9. The van der Waals surface area contributed by atoms with E-state index in [9.17, 15) is 4.79 Å². The summed E-state index contributed by atoms with van der Waals surface area (Å²) < 4.78 is 13.6. The lowest BCUT2D eigenvalue weighted by Crippen LogP contribution is -2.01. The third-order valence-corrected chi connectivity index (χ3v) is 1.46. The van der Waals surface area contributed by atoms with Gasteiger partial charge >= 0.3 is 13.8 Å². The highest BCUT2D eigenvalue weighted by atomic mass is 31.2. The van der Waals surface area contributed by atoms with Crippen LogP contribution in [0.2, 0.25) is 0 Å². The standard InChI is InChI=1S/C9H16O3.H3O4P/c1-2-9(11)12-8-6-4-3-5-7-10;1-5(2,3)4/h2,10H,1,3-8H2;(H3,1,2,3,4). The average Bonchev–Trinajstić information content (AvgIpc) is 2.20. The fourth-order valence-electron chi connectivity index (χ4n) is 0.799. The maximum Gasteiger partial charge on any atom is 0.466 e. The molecule has 0 spiro atoms. The van der Waals surface area contributed by atoms with Crippen LogP contribution in [0, 0.1) is 0 Å². The number of esters is 1. The minimum absolute atomic E-state index is 0.243. The van der Waals surface area contributed by atoms with Crippen LogP contribution < -0.4 is 0 Å². The summed E-state index contributed by atoms with van der Waals surface area (Å²) in [6.45, 7) is 3.98. The molecule has 0 aromatic heterocycles. The lowest BCUT2D eigenvalue weighted by atomic mass is 10.2. The van der Waals surface area contributed by atoms with Crippen LogP contribution >= 0.6 is 7.82 Å². The Bertz CT molecular complexity index is 239. The van der Waals surface area contributed by atoms with Crippen LogP contribution in [0.4, 0.5) is 0 Å². The average molecular weight is 270 g/mol. The molecular formula is C9H19O7P. The second-order valence-electron chi connectivity index (χ2n) is 3.02. The lowest BCUT2D eigenvalue weighted by molar-refractivity contribution is -0.137. The molecule has 0 bridgehead atoms. The molecule has 0 rings (SSSR count). The molecule has 0 unspecified atom stereocenters. The number of phosphoric acid groups is 1. The second-order valence-corrected chi connectivity index (χ2v) is 4.05. The Labute approximate surface area is 100.0 Å². The van der Waals surface area contributed by atoms with E-state index in [1.807, 2.05) is 0 Å². The van der Waals surface area contributed by atoms with Crippen molar-refractivity contribution in [1.29, 1.82) is 0 Å². The summed E-state index contributed by atoms with van der Waals surface area (Å²) >= 11 is 0. The maximum atomic E-state index is 10.5. The quantitative estimate of drug-likeness (QED) is 0.227. The van der Waals surface area contributed by atoms with Crippen molar-refractivity contribution in [3.63, 3.8) is 0 Å². The van der Waals surface area contributed by atoms with Crippen LogP contribution in [0.15, 0.2) is 12.7 Å². The Morgan fingerprint density at radius 3 is 2.06 bits per heavy atom. The first-order valence-electron chi connectivity index (χ1n) is 4.99. The first kappa shape index (κ1) is 18.6. The van der Waals surface area contributed by atoms with Gasteiger partial charge in [-0.05, 0) is 19.3 Å². The van der Waals surface area contributed by atoms with Crippen LogP contribution in [-0.4, -0.2) is 39.0 Å². The van der Waals surface area contributed by atoms with Gasteiger partial charge < -0.3 is 24.5 Å². The number of aliphatic hydroxyl groups is 1. The summed E-state index contributed by atoms with van der Waals surface area (Å²) in [6.07, 6.45) is 4.83. The molecule has 102 valence electrons. The number of carbonyl (C=O) groups excluding carboxylic acids is 1. The number of aliphatic hydroxyl groups excluding tert-OH is 1. The van der Waals surface area contributed by atoms with Crippen molar-refractivity contribution in [2.45, 2.75) is 25.7 Å². The van der Waals surface area contributed by atoms with Gasteiger partial charge in [-0.3, -0.25) is 0 Å². The van der Waals surface area contributed by atoms with Gasteiger partial charge in [0, 0.05) is 12.7 Å². The zero-order valence-electron chi connectivity index (χ0n) is 9.49. The molecule has 0 aliphatic rings. The Balaban J connectivity index is 0. The van der Waals surface area contributed by atoms with Crippen molar-refractivity contribution in [3.8, 4) is 0 Å². The fraction of sp³-hybridized carbons (Fsp3) is 0.667. The van der Waals surface area contributed by atoms with E-state index in [0.717, 1.165) is 31.8 Å². The summed E-state index contributed by atoms with van der Waals surface area (Å²) in [5, 5.41) is 8.45. The van der Waals surface area contributed by atoms with Crippen LogP contribution in [0.25, 0.3) is 0 Å². The molecular weight excluding hydrogens is 251 g/mol. The highest BCUT2D eigenvalue weighted by Gasteiger charge is 2.00. The summed E-state index contributed by atoms with van der Waals surface area (Å²) in [6, 6.07) is 0. The van der Waals surface area contributed by atoms with E-state index in [1.54, 1.807) is 0 Å². The van der Waals surface area contributed by atoms with Crippen molar-refractivity contribution >= 4 is 13.8 Å². The van der Waals surface area contributed by atoms with Gasteiger partial charge in [0.15, 0.2) is 0 Å². The third-order valence-electron chi connectivity index (χ3n) is 1.46. The molecule has 4 N–H and O–H groups in total. The smallest absolute Gasteiger partial charge is 0.463 e. The van der Waals surface area contributed by atoms with E-state index < -0.39 is 7.82 Å². The Morgan fingerprint density at radius 1 is 1.18 bits per heavy atom. The molecule has 0 atom stereocenters. The number of carbonyl (C=O) groups is 1. The molecule has 0 fully saturated rings. The molecule has 7 nitrogen and oxygen atoms in total. The number of ether oxygens (including phenoxy) is 1. The molecule has 0 radical (unpaired) electrons. The third kappa shape index (κ3) is 31.3. The monoisotopic (exact) mass is 270 g/mol. The van der Waals surface area contributed by atoms with Gasteiger partial charge in [-0.2, -0.15) is 0 Å². The van der Waals surface area contributed by atoms with E-state index in [2.05, 4.69) is 6.58 Å². The molecule has 0 heterocycles. The normalized spacial score (nSPS) is 10.1. The summed E-state index contributed by atoms with van der Waals surface area (Å²) in [7, 11) is -4.64. The van der Waals surface area contributed by atoms with Crippen LogP contribution in [0.1, 0.15) is 25.7 Å². The van der Waals surface area contributed by atoms with E-state index in [-0.39, 0.29) is 12.6 Å². The molecule has 0 aromatic rings. The zero-order valence-corrected chi connectivity index (χ0v) is 10.4. The Morgan fingerprint density at radius 2 is 1.65 bits per heavy atom. The molecule has 0 aromatic carbocycles. The second kappa shape index (κ2) is 11.8. The van der Waals surface area contributed by atoms with Crippen molar-refractivity contribution in [1.82, 2.24) is 0 Å². The van der Waals surface area contributed by atoms with Crippen LogP contribution in [-0.2, 0) is 14.1 Å². The van der Waals surface area contributed by atoms with Crippen molar-refractivity contribution in [2.75, 3.05) is 13.2 Å². The number of hydrogen-bond acceptors (Lipinski definition) is 4. The van der Waals surface area contributed by atoms with Gasteiger partial charge in [-0.15, -0.1) is 0 Å². The molecule has 8 heteroatoms. The summed E-state index contributed by atoms with van der Waals surface area (Å²) in [5.41, 5.74) is 0. The summed E-state index contributed by atoms with van der Waals surface area (Å²) in [5.74, 6) is -0.364. The molecule has 0 amide bonds. The topological polar surface area (TPSA) is 124 Å². The SMILES string of the molecule is C=CC(=O)OCCCCCCO.O=P(O)(O)O. The van der Waals surface area contributed by atoms with Crippen molar-refractivity contribution in [3.05, 3.63) is 12.7 Å². The van der Waals surface area contributed by atoms with Gasteiger partial charge in [-0.1, -0.05) is 13.0 Å². The largest absolute Gasteiger partial charge is 0.466 e. The minimum Gasteiger partial charge on any atom is -0.463 e. The highest BCUT2D eigenvalue weighted by molar-refractivity contribution is 7.45. The molecule has 0 saturated carbocycles. The number of rotatable bonds is 7. The van der Waals surface area contributed by atoms with Gasteiger partial charge in [0.1, 0.15) is 0 Å². The van der Waals surface area contributed by atoms with Crippen LogP contribution in [0.3, 0.4) is 0 Å². The number of hydrogen-bond donors (Lipinski definition) is 4. The fourth-order valence-corrected chi connectivity index (χ4v) is 0.799. The first-order chi connectivity index (χ1) is 7.81. The van der Waals surface area contributed by atoms with Gasteiger partial charge in [0.05, 0.1) is 6.61 Å². The van der Waals surface area contributed by atoms with Crippen molar-refractivity contribution in [2.24, 2.45) is 0 Å². The highest BCUT2D eigenvalue weighted by Crippen LogP contribution is 2.25. The lowest BCUT2D eigenvalue weighted by Gasteiger charge is -2.00. The first-order valence-corrected chi connectivity index (χ1v) is 6.56. The molecule has 0 aliphatic carbocycles. The zero-order chi connectivity index (χ0) is 13.7. The van der Waals surface area contributed by atoms with Gasteiger partial charge in [0.25, 0.3) is 0 Å². The van der Waals surface area contributed by atoms with Crippen molar-refractivity contribution < 1.29 is 33.9 Å². The molecule has 17 heavy (non-hydrogen) atoms. The van der Waals surface area contributed by atoms with E-state index >= 15 is 0 Å². The Hall–Kier alpha value is -0.720. The summed E-state index contributed by atoms with van der Waals surface area (Å²) in [4.78, 5) is 32.1. The van der Waals surface area contributed by atoms with Crippen LogP contribution in [0.5, 0.6) is 0 Å². The number of unbranched alkanes of at least 4 members (excludes halogenated alkanes) is 3. The molecule has 0 saturated heterocycles. The predicted molar refractivity (Wildman–Crippen MR) is 61.0 cm³/mol. The van der Waals surface area contributed by atoms with E-state index in [0.29, 0.717) is 6.61 Å². The van der Waals surface area contributed by atoms with E-state index in [4.69, 9.17) is 29.1 Å². The minimum atomic E-state index is -4.64. The molecule has 0 aliphatic heterocycles. The predicted octanol–water partition coefficient (Wildman–Crippen LogP) is 0.340. The van der Waals surface area contributed by atoms with Gasteiger partial charge in [0.2, 0.25) is 0 Å². The van der Waals surface area contributed by atoms with E-state index in [1.165, 1.54) is 0 Å². The maximum absolute atomic E-state index is 10.5.